The lowest BCUT2D eigenvalue weighted by molar-refractivity contribution is -0.130. The zero-order valence-corrected chi connectivity index (χ0v) is 14.8. The van der Waals surface area contributed by atoms with Gasteiger partial charge in [-0.15, -0.1) is 0 Å². The Labute approximate surface area is 153 Å². The summed E-state index contributed by atoms with van der Waals surface area (Å²) in [6.07, 6.45) is 4.04. The van der Waals surface area contributed by atoms with E-state index >= 15 is 0 Å². The van der Waals surface area contributed by atoms with Crippen LogP contribution in [-0.2, 0) is 27.3 Å². The number of rotatable bonds is 6. The van der Waals surface area contributed by atoms with Crippen LogP contribution in [0.5, 0.6) is 0 Å². The smallest absolute Gasteiger partial charge is 0.227 e. The lowest BCUT2D eigenvalue weighted by atomic mass is 9.82. The van der Waals surface area contributed by atoms with Crippen LogP contribution in [0.2, 0.25) is 0 Å². The van der Waals surface area contributed by atoms with Gasteiger partial charge in [-0.1, -0.05) is 36.4 Å². The highest BCUT2D eigenvalue weighted by molar-refractivity contribution is 5.79. The largest absolute Gasteiger partial charge is 0.380 e. The van der Waals surface area contributed by atoms with Crippen LogP contribution in [0, 0.1) is 11.3 Å². The van der Waals surface area contributed by atoms with Gasteiger partial charge < -0.3 is 14.4 Å². The van der Waals surface area contributed by atoms with E-state index in [1.54, 1.807) is 6.20 Å². The molecule has 0 bridgehead atoms. The number of hydrogen-bond donors (Lipinski definition) is 0. The predicted octanol–water partition coefficient (Wildman–Crippen LogP) is 2.32. The van der Waals surface area contributed by atoms with Gasteiger partial charge >= 0.3 is 0 Å². The van der Waals surface area contributed by atoms with Crippen molar-refractivity contribution in [3.05, 3.63) is 66.0 Å². The molecule has 1 aromatic heterocycles. The maximum atomic E-state index is 12.7. The quantitative estimate of drug-likeness (QED) is 0.801. The van der Waals surface area contributed by atoms with Crippen LogP contribution in [-0.4, -0.2) is 48.7 Å². The van der Waals surface area contributed by atoms with Gasteiger partial charge in [0.25, 0.3) is 0 Å². The van der Waals surface area contributed by atoms with Crippen LogP contribution < -0.4 is 0 Å². The molecular weight excluding hydrogens is 328 g/mol. The molecule has 2 aliphatic heterocycles. The van der Waals surface area contributed by atoms with Gasteiger partial charge in [0.05, 0.1) is 32.8 Å². The van der Waals surface area contributed by atoms with Crippen molar-refractivity contribution in [2.45, 2.75) is 13.0 Å². The number of fused-ring (bicyclic) bond motifs is 1. The molecule has 0 unspecified atom stereocenters. The molecule has 2 aliphatic rings. The monoisotopic (exact) mass is 352 g/mol. The average molecular weight is 352 g/mol. The average Bonchev–Trinajstić information content (AvgIpc) is 3.21. The fraction of sp³-hybridized carbons (Fsp3) is 0.429. The van der Waals surface area contributed by atoms with Crippen molar-refractivity contribution < 1.29 is 14.3 Å². The van der Waals surface area contributed by atoms with Gasteiger partial charge in [-0.25, -0.2) is 0 Å². The summed E-state index contributed by atoms with van der Waals surface area (Å²) in [5.41, 5.74) is 2.05. The normalized spacial score (nSPS) is 24.6. The molecule has 2 aromatic rings. The Kier molecular flexibility index (Phi) is 5.00. The summed E-state index contributed by atoms with van der Waals surface area (Å²) in [5.74, 6) is 0.549. The molecule has 5 nitrogen and oxygen atoms in total. The molecule has 1 aromatic carbocycles. The van der Waals surface area contributed by atoms with E-state index in [2.05, 4.69) is 4.98 Å². The van der Waals surface area contributed by atoms with E-state index in [0.717, 1.165) is 24.2 Å². The minimum Gasteiger partial charge on any atom is -0.380 e. The fourth-order valence-corrected chi connectivity index (χ4v) is 3.96. The highest BCUT2D eigenvalue weighted by Gasteiger charge is 2.51. The molecule has 5 heteroatoms. The molecule has 0 aliphatic carbocycles. The van der Waals surface area contributed by atoms with Crippen LogP contribution >= 0.6 is 0 Å². The third kappa shape index (κ3) is 3.64. The highest BCUT2D eigenvalue weighted by atomic mass is 16.5. The van der Waals surface area contributed by atoms with E-state index in [9.17, 15) is 4.79 Å². The summed E-state index contributed by atoms with van der Waals surface area (Å²) in [6, 6.07) is 13.9. The topological polar surface area (TPSA) is 51.7 Å². The first-order valence-corrected chi connectivity index (χ1v) is 9.11. The number of pyridine rings is 1. The van der Waals surface area contributed by atoms with E-state index in [-0.39, 0.29) is 11.3 Å². The Morgan fingerprint density at radius 1 is 1.23 bits per heavy atom. The third-order valence-corrected chi connectivity index (χ3v) is 5.45. The SMILES string of the molecule is O=C(Cc1ccccc1)N1C[C@@H]2COC[C@]2(COCc2cccnc2)C1. The number of amides is 1. The first-order chi connectivity index (χ1) is 12.8. The van der Waals surface area contributed by atoms with E-state index < -0.39 is 0 Å². The Morgan fingerprint density at radius 2 is 2.08 bits per heavy atom. The number of carbonyl (C=O) groups excluding carboxylic acids is 1. The van der Waals surface area contributed by atoms with Gasteiger partial charge in [0.15, 0.2) is 0 Å². The van der Waals surface area contributed by atoms with Crippen molar-refractivity contribution in [1.82, 2.24) is 9.88 Å². The van der Waals surface area contributed by atoms with Gasteiger partial charge in [0, 0.05) is 36.8 Å². The molecule has 0 radical (unpaired) electrons. The number of aromatic nitrogens is 1. The maximum absolute atomic E-state index is 12.7. The van der Waals surface area contributed by atoms with Crippen molar-refractivity contribution in [3.8, 4) is 0 Å². The number of likely N-dealkylation sites (tertiary alicyclic amines) is 1. The number of ether oxygens (including phenoxy) is 2. The predicted molar refractivity (Wildman–Crippen MR) is 97.4 cm³/mol. The Morgan fingerprint density at radius 3 is 2.88 bits per heavy atom. The lowest BCUT2D eigenvalue weighted by Gasteiger charge is -2.27. The summed E-state index contributed by atoms with van der Waals surface area (Å²) in [6.45, 7) is 4.02. The summed E-state index contributed by atoms with van der Waals surface area (Å²) >= 11 is 0. The van der Waals surface area contributed by atoms with Gasteiger partial charge in [-0.05, 0) is 17.2 Å². The maximum Gasteiger partial charge on any atom is 0.227 e. The fourth-order valence-electron chi connectivity index (χ4n) is 3.96. The molecule has 2 atom stereocenters. The third-order valence-electron chi connectivity index (χ3n) is 5.45. The van der Waals surface area contributed by atoms with E-state index in [1.807, 2.05) is 53.6 Å². The first kappa shape index (κ1) is 17.2. The van der Waals surface area contributed by atoms with Crippen molar-refractivity contribution >= 4 is 5.91 Å². The molecule has 3 heterocycles. The second-order valence-corrected chi connectivity index (χ2v) is 7.37. The van der Waals surface area contributed by atoms with Crippen molar-refractivity contribution in [1.29, 1.82) is 0 Å². The summed E-state index contributed by atoms with van der Waals surface area (Å²) < 4.78 is 11.7. The molecule has 4 rings (SSSR count). The molecule has 2 saturated heterocycles. The summed E-state index contributed by atoms with van der Waals surface area (Å²) in [5, 5.41) is 0. The Bertz CT molecular complexity index is 737. The van der Waals surface area contributed by atoms with Crippen LogP contribution in [0.1, 0.15) is 11.1 Å². The zero-order valence-electron chi connectivity index (χ0n) is 14.8. The second-order valence-electron chi connectivity index (χ2n) is 7.37. The van der Waals surface area contributed by atoms with Gasteiger partial charge in [-0.2, -0.15) is 0 Å². The molecule has 136 valence electrons. The molecular formula is C21H24N2O3. The molecule has 26 heavy (non-hydrogen) atoms. The van der Waals surface area contributed by atoms with Crippen LogP contribution in [0.3, 0.4) is 0 Å². The molecule has 0 spiro atoms. The van der Waals surface area contributed by atoms with E-state index in [4.69, 9.17) is 9.47 Å². The number of nitrogens with zero attached hydrogens (tertiary/aromatic N) is 2. The Hall–Kier alpha value is -2.24. The van der Waals surface area contributed by atoms with Gasteiger partial charge in [0.2, 0.25) is 5.91 Å². The van der Waals surface area contributed by atoms with Gasteiger partial charge in [0.1, 0.15) is 0 Å². The van der Waals surface area contributed by atoms with Crippen LogP contribution in [0.15, 0.2) is 54.9 Å². The minimum absolute atomic E-state index is 0.0748. The molecule has 2 fully saturated rings. The van der Waals surface area contributed by atoms with Crippen molar-refractivity contribution in [2.75, 3.05) is 32.9 Å². The highest BCUT2D eigenvalue weighted by Crippen LogP contribution is 2.41. The zero-order chi connectivity index (χ0) is 17.8. The van der Waals surface area contributed by atoms with Crippen LogP contribution in [0.4, 0.5) is 0 Å². The van der Waals surface area contributed by atoms with Crippen LogP contribution in [0.25, 0.3) is 0 Å². The molecule has 0 saturated carbocycles. The summed E-state index contributed by atoms with van der Waals surface area (Å²) in [7, 11) is 0. The van der Waals surface area contributed by atoms with Crippen molar-refractivity contribution in [2.24, 2.45) is 11.3 Å². The van der Waals surface area contributed by atoms with Gasteiger partial charge in [-0.3, -0.25) is 9.78 Å². The van der Waals surface area contributed by atoms with E-state index in [1.165, 1.54) is 0 Å². The first-order valence-electron chi connectivity index (χ1n) is 9.11. The minimum atomic E-state index is -0.0748. The van der Waals surface area contributed by atoms with E-state index in [0.29, 0.717) is 38.8 Å². The number of hydrogen-bond acceptors (Lipinski definition) is 4. The molecule has 1 amide bonds. The standard InChI is InChI=1S/C21H24N2O3/c24-20(9-17-5-2-1-3-6-17)23-11-19-13-26-16-21(19,14-23)15-25-12-18-7-4-8-22-10-18/h1-8,10,19H,9,11-16H2/t19-,21-/m1/s1. The number of carbonyl (C=O) groups is 1. The second kappa shape index (κ2) is 7.56. The number of benzene rings is 1. The molecule has 0 N–H and O–H groups in total. The Balaban J connectivity index is 1.36. The van der Waals surface area contributed by atoms with Crippen molar-refractivity contribution in [3.63, 3.8) is 0 Å². The summed E-state index contributed by atoms with van der Waals surface area (Å²) in [4.78, 5) is 18.8. The lowest BCUT2D eigenvalue weighted by Crippen LogP contribution is -2.37.